The van der Waals surface area contributed by atoms with E-state index in [1.165, 1.54) is 0 Å². The van der Waals surface area contributed by atoms with Gasteiger partial charge in [0.1, 0.15) is 5.82 Å². The van der Waals surface area contributed by atoms with Crippen molar-refractivity contribution in [2.75, 3.05) is 23.3 Å². The number of nitrogens with zero attached hydrogens (tertiary/aromatic N) is 5. The minimum atomic E-state index is -0.219. The number of hydrogen-bond donors (Lipinski definition) is 2. The van der Waals surface area contributed by atoms with E-state index < -0.39 is 0 Å². The number of nitrogens with one attached hydrogen (secondary N) is 2. The number of carbonyl (C=O) groups excluding carboxylic acids is 1. The van der Waals surface area contributed by atoms with Gasteiger partial charge in [-0.25, -0.2) is 9.78 Å². The molecule has 4 rings (SSSR count). The molecule has 1 aromatic carbocycles. The van der Waals surface area contributed by atoms with Crippen LogP contribution in [0, 0.1) is 6.92 Å². The van der Waals surface area contributed by atoms with Gasteiger partial charge in [-0.2, -0.15) is 10.2 Å². The van der Waals surface area contributed by atoms with Crippen LogP contribution < -0.4 is 15.5 Å². The van der Waals surface area contributed by atoms with Crippen LogP contribution in [0.15, 0.2) is 42.9 Å². The normalized spacial score (nSPS) is 16.9. The summed E-state index contributed by atoms with van der Waals surface area (Å²) in [5.41, 5.74) is 2.29. The highest BCUT2D eigenvalue weighted by Crippen LogP contribution is 2.22. The number of carbonyl (C=O) groups is 1. The van der Waals surface area contributed by atoms with Gasteiger partial charge in [-0.1, -0.05) is 6.07 Å². The molecule has 1 atom stereocenters. The quantitative estimate of drug-likeness (QED) is 0.742. The molecular formula is C19H21N7O. The second-order valence-electron chi connectivity index (χ2n) is 6.67. The molecule has 27 heavy (non-hydrogen) atoms. The minimum Gasteiger partial charge on any atom is -0.353 e. The zero-order valence-corrected chi connectivity index (χ0v) is 15.1. The van der Waals surface area contributed by atoms with E-state index in [0.29, 0.717) is 6.54 Å². The molecule has 0 radical (unpaired) electrons. The maximum absolute atomic E-state index is 12.5. The molecule has 8 nitrogen and oxygen atoms in total. The Balaban J connectivity index is 1.43. The van der Waals surface area contributed by atoms with Gasteiger partial charge in [0.25, 0.3) is 0 Å². The fraction of sp³-hybridized carbons (Fsp3) is 0.316. The number of fused-ring (bicyclic) bond motifs is 1. The van der Waals surface area contributed by atoms with Crippen molar-refractivity contribution in [3.63, 3.8) is 0 Å². The Morgan fingerprint density at radius 3 is 3.04 bits per heavy atom. The van der Waals surface area contributed by atoms with Crippen molar-refractivity contribution in [2.24, 2.45) is 0 Å². The van der Waals surface area contributed by atoms with Crippen LogP contribution in [0.1, 0.15) is 18.5 Å². The van der Waals surface area contributed by atoms with Gasteiger partial charge < -0.3 is 15.5 Å². The summed E-state index contributed by atoms with van der Waals surface area (Å²) in [6.45, 7) is 3.51. The van der Waals surface area contributed by atoms with E-state index in [4.69, 9.17) is 0 Å². The fourth-order valence-corrected chi connectivity index (χ4v) is 3.37. The van der Waals surface area contributed by atoms with Crippen LogP contribution in [0.5, 0.6) is 0 Å². The molecule has 3 aromatic rings. The zero-order valence-electron chi connectivity index (χ0n) is 15.1. The Morgan fingerprint density at radius 2 is 2.19 bits per heavy atom. The molecule has 0 spiro atoms. The van der Waals surface area contributed by atoms with Gasteiger partial charge in [-0.15, -0.1) is 0 Å². The molecule has 1 saturated heterocycles. The summed E-state index contributed by atoms with van der Waals surface area (Å²) in [6.07, 6.45) is 7.02. The van der Waals surface area contributed by atoms with E-state index in [9.17, 15) is 4.79 Å². The number of hydrogen-bond acceptors (Lipinski definition) is 6. The molecule has 2 aromatic heterocycles. The lowest BCUT2D eigenvalue weighted by Crippen LogP contribution is -2.49. The second kappa shape index (κ2) is 7.53. The van der Waals surface area contributed by atoms with Crippen LogP contribution >= 0.6 is 0 Å². The molecule has 0 unspecified atom stereocenters. The summed E-state index contributed by atoms with van der Waals surface area (Å²) in [4.78, 5) is 23.2. The highest BCUT2D eigenvalue weighted by Gasteiger charge is 2.22. The second-order valence-corrected chi connectivity index (χ2v) is 6.67. The summed E-state index contributed by atoms with van der Waals surface area (Å²) in [7, 11) is 0. The fourth-order valence-electron chi connectivity index (χ4n) is 3.37. The Bertz CT molecular complexity index is 947. The van der Waals surface area contributed by atoms with Crippen molar-refractivity contribution in [3.8, 4) is 0 Å². The standard InChI is InChI=1S/C19H21N7O/c1-13-10-15-16(5-2-6-17(15)25-24-13)23-19(27)22-14-4-3-9-26(12-14)18-11-20-7-8-21-18/h2,5-8,10-11,14H,3-4,9,12H2,1H3,(H2,22,23,27)/t14-/m1/s1. The molecule has 1 fully saturated rings. The van der Waals surface area contributed by atoms with Gasteiger partial charge >= 0.3 is 6.03 Å². The molecule has 138 valence electrons. The van der Waals surface area contributed by atoms with Gasteiger partial charge in [0, 0.05) is 36.9 Å². The van der Waals surface area contributed by atoms with Crippen molar-refractivity contribution in [2.45, 2.75) is 25.8 Å². The molecule has 1 aliphatic heterocycles. The maximum atomic E-state index is 12.5. The number of aryl methyl sites for hydroxylation is 1. The highest BCUT2D eigenvalue weighted by molar-refractivity contribution is 6.00. The van der Waals surface area contributed by atoms with Crippen molar-refractivity contribution in [1.29, 1.82) is 0 Å². The topological polar surface area (TPSA) is 95.9 Å². The van der Waals surface area contributed by atoms with Crippen molar-refractivity contribution < 1.29 is 4.79 Å². The van der Waals surface area contributed by atoms with Gasteiger partial charge in [-0.05, 0) is 38.0 Å². The lowest BCUT2D eigenvalue weighted by atomic mass is 10.1. The van der Waals surface area contributed by atoms with Crippen LogP contribution in [0.3, 0.4) is 0 Å². The molecule has 2 N–H and O–H groups in total. The Hall–Kier alpha value is -3.29. The van der Waals surface area contributed by atoms with Crippen LogP contribution in [0.2, 0.25) is 0 Å². The van der Waals surface area contributed by atoms with Gasteiger partial charge in [0.15, 0.2) is 0 Å². The van der Waals surface area contributed by atoms with Crippen molar-refractivity contribution >= 4 is 28.4 Å². The van der Waals surface area contributed by atoms with Crippen LogP contribution in [-0.4, -0.2) is 45.3 Å². The Labute approximate surface area is 157 Å². The molecular weight excluding hydrogens is 342 g/mol. The number of amides is 2. The lowest BCUT2D eigenvalue weighted by molar-refractivity contribution is 0.246. The largest absolute Gasteiger partial charge is 0.353 e. The molecule has 0 bridgehead atoms. The molecule has 8 heteroatoms. The van der Waals surface area contributed by atoms with Crippen LogP contribution in [-0.2, 0) is 0 Å². The monoisotopic (exact) mass is 363 g/mol. The molecule has 0 saturated carbocycles. The Morgan fingerprint density at radius 1 is 1.26 bits per heavy atom. The van der Waals surface area contributed by atoms with Crippen LogP contribution in [0.25, 0.3) is 10.9 Å². The minimum absolute atomic E-state index is 0.0530. The zero-order chi connectivity index (χ0) is 18.6. The first-order chi connectivity index (χ1) is 13.2. The number of urea groups is 1. The molecule has 0 aliphatic carbocycles. The summed E-state index contributed by atoms with van der Waals surface area (Å²) >= 11 is 0. The number of piperidine rings is 1. The van der Waals surface area contributed by atoms with E-state index in [-0.39, 0.29) is 12.1 Å². The summed E-state index contributed by atoms with van der Waals surface area (Å²) < 4.78 is 0. The van der Waals surface area contributed by atoms with E-state index in [2.05, 4.69) is 35.7 Å². The number of anilines is 2. The first-order valence-corrected chi connectivity index (χ1v) is 9.00. The van der Waals surface area contributed by atoms with Gasteiger partial charge in [0.2, 0.25) is 0 Å². The molecule has 1 aliphatic rings. The lowest BCUT2D eigenvalue weighted by Gasteiger charge is -2.33. The van der Waals surface area contributed by atoms with E-state index in [0.717, 1.165) is 47.5 Å². The van der Waals surface area contributed by atoms with E-state index in [1.807, 2.05) is 31.2 Å². The smallest absolute Gasteiger partial charge is 0.319 e. The van der Waals surface area contributed by atoms with Gasteiger partial charge in [0.05, 0.1) is 23.1 Å². The third-order valence-corrected chi connectivity index (χ3v) is 4.63. The maximum Gasteiger partial charge on any atom is 0.319 e. The predicted octanol–water partition coefficient (Wildman–Crippen LogP) is 2.52. The predicted molar refractivity (Wildman–Crippen MR) is 104 cm³/mol. The van der Waals surface area contributed by atoms with Gasteiger partial charge in [-0.3, -0.25) is 4.98 Å². The number of aromatic nitrogens is 4. The molecule has 3 heterocycles. The Kier molecular flexibility index (Phi) is 4.78. The summed E-state index contributed by atoms with van der Waals surface area (Å²) in [5, 5.41) is 15.1. The van der Waals surface area contributed by atoms with E-state index in [1.54, 1.807) is 18.6 Å². The number of rotatable bonds is 3. The van der Waals surface area contributed by atoms with Crippen molar-refractivity contribution in [3.05, 3.63) is 48.5 Å². The van der Waals surface area contributed by atoms with Crippen molar-refractivity contribution in [1.82, 2.24) is 25.5 Å². The third kappa shape index (κ3) is 3.94. The highest BCUT2D eigenvalue weighted by atomic mass is 16.2. The molecule has 2 amide bonds. The van der Waals surface area contributed by atoms with E-state index >= 15 is 0 Å². The SMILES string of the molecule is Cc1cc2c(NC(=O)N[C@@H]3CCCN(c4cnccn4)C3)cccc2nn1. The average molecular weight is 363 g/mol. The van der Waals surface area contributed by atoms with Crippen LogP contribution in [0.4, 0.5) is 16.3 Å². The average Bonchev–Trinajstić information content (AvgIpc) is 2.69. The number of benzene rings is 1. The first kappa shape index (κ1) is 17.1. The first-order valence-electron chi connectivity index (χ1n) is 9.00. The summed E-state index contributed by atoms with van der Waals surface area (Å²) in [5.74, 6) is 0.840. The third-order valence-electron chi connectivity index (χ3n) is 4.63. The summed E-state index contributed by atoms with van der Waals surface area (Å²) in [6, 6.07) is 7.37.